The molecule has 1 N–H and O–H groups in total. The number of nitrogens with one attached hydrogen (secondary N) is 1. The van der Waals surface area contributed by atoms with Crippen molar-refractivity contribution in [3.8, 4) is 0 Å². The molecule has 1 saturated heterocycles. The molecule has 0 bridgehead atoms. The Labute approximate surface area is 137 Å². The van der Waals surface area contributed by atoms with Crippen molar-refractivity contribution in [1.82, 2.24) is 14.8 Å². The van der Waals surface area contributed by atoms with Crippen LogP contribution in [0, 0.1) is 5.92 Å². The van der Waals surface area contributed by atoms with Crippen LogP contribution >= 0.6 is 0 Å². The van der Waals surface area contributed by atoms with Crippen LogP contribution in [0.3, 0.4) is 0 Å². The summed E-state index contributed by atoms with van der Waals surface area (Å²) in [5.74, 6) is 1.30. The fourth-order valence-electron chi connectivity index (χ4n) is 2.67. The Hall–Kier alpha value is -2.11. The van der Waals surface area contributed by atoms with Gasteiger partial charge in [-0.25, -0.2) is 4.98 Å². The van der Waals surface area contributed by atoms with Gasteiger partial charge in [-0.15, -0.1) is 0 Å². The quantitative estimate of drug-likeness (QED) is 0.920. The molecule has 2 amide bonds. The molecule has 2 rings (SSSR count). The standard InChI is InChI=1S/C17H26N4O2/c1-12-7-9-21(10-8-12)17(23)14-5-6-15(18-11-14)19-13(2)16(22)20(3)4/h5-6,11-13H,7-10H2,1-4H3,(H,18,19)/t13-/m0/s1. The van der Waals surface area contributed by atoms with Gasteiger partial charge in [0.05, 0.1) is 5.56 Å². The van der Waals surface area contributed by atoms with Gasteiger partial charge in [-0.3, -0.25) is 9.59 Å². The van der Waals surface area contributed by atoms with Crippen molar-refractivity contribution in [2.75, 3.05) is 32.5 Å². The highest BCUT2D eigenvalue weighted by atomic mass is 16.2. The average Bonchev–Trinajstić information content (AvgIpc) is 2.54. The third-order valence-electron chi connectivity index (χ3n) is 4.26. The number of amides is 2. The normalized spacial score (nSPS) is 16.8. The summed E-state index contributed by atoms with van der Waals surface area (Å²) in [4.78, 5) is 32.0. The fourth-order valence-corrected chi connectivity index (χ4v) is 2.67. The second kappa shape index (κ2) is 7.44. The van der Waals surface area contributed by atoms with Gasteiger partial charge >= 0.3 is 0 Å². The molecule has 0 radical (unpaired) electrons. The zero-order valence-electron chi connectivity index (χ0n) is 14.4. The van der Waals surface area contributed by atoms with E-state index in [1.54, 1.807) is 39.3 Å². The summed E-state index contributed by atoms with van der Waals surface area (Å²) in [5.41, 5.74) is 0.594. The average molecular weight is 318 g/mol. The van der Waals surface area contributed by atoms with Crippen molar-refractivity contribution in [3.63, 3.8) is 0 Å². The molecule has 0 aromatic carbocycles. The third-order valence-corrected chi connectivity index (χ3v) is 4.26. The van der Waals surface area contributed by atoms with E-state index in [2.05, 4.69) is 17.2 Å². The lowest BCUT2D eigenvalue weighted by molar-refractivity contribution is -0.129. The molecular formula is C17H26N4O2. The minimum absolute atomic E-state index is 0.0191. The first-order valence-corrected chi connectivity index (χ1v) is 8.11. The Bertz CT molecular complexity index is 548. The van der Waals surface area contributed by atoms with E-state index in [4.69, 9.17) is 0 Å². The van der Waals surface area contributed by atoms with Crippen molar-refractivity contribution in [2.24, 2.45) is 5.92 Å². The smallest absolute Gasteiger partial charge is 0.255 e. The third kappa shape index (κ3) is 4.43. The van der Waals surface area contributed by atoms with Crippen molar-refractivity contribution in [2.45, 2.75) is 32.7 Å². The number of hydrogen-bond acceptors (Lipinski definition) is 4. The molecular weight excluding hydrogens is 292 g/mol. The van der Waals surface area contributed by atoms with Crippen molar-refractivity contribution < 1.29 is 9.59 Å². The predicted molar refractivity (Wildman–Crippen MR) is 90.3 cm³/mol. The largest absolute Gasteiger partial charge is 0.359 e. The highest BCUT2D eigenvalue weighted by molar-refractivity contribution is 5.94. The molecule has 0 spiro atoms. The second-order valence-corrected chi connectivity index (χ2v) is 6.51. The zero-order chi connectivity index (χ0) is 17.0. The maximum Gasteiger partial charge on any atom is 0.255 e. The number of anilines is 1. The number of aromatic nitrogens is 1. The minimum Gasteiger partial charge on any atom is -0.359 e. The van der Waals surface area contributed by atoms with E-state index in [1.807, 2.05) is 4.90 Å². The van der Waals surface area contributed by atoms with Gasteiger partial charge in [-0.2, -0.15) is 0 Å². The highest BCUT2D eigenvalue weighted by Gasteiger charge is 2.22. The topological polar surface area (TPSA) is 65.5 Å². The second-order valence-electron chi connectivity index (χ2n) is 6.51. The van der Waals surface area contributed by atoms with Crippen LogP contribution in [0.5, 0.6) is 0 Å². The Kier molecular flexibility index (Phi) is 5.58. The molecule has 6 nitrogen and oxygen atoms in total. The van der Waals surface area contributed by atoms with E-state index < -0.39 is 0 Å². The molecule has 1 aliphatic heterocycles. The maximum atomic E-state index is 12.4. The summed E-state index contributed by atoms with van der Waals surface area (Å²) in [5, 5.41) is 3.05. The van der Waals surface area contributed by atoms with E-state index >= 15 is 0 Å². The molecule has 126 valence electrons. The number of hydrogen-bond donors (Lipinski definition) is 1. The summed E-state index contributed by atoms with van der Waals surface area (Å²) < 4.78 is 0. The predicted octanol–water partition coefficient (Wildman–Crippen LogP) is 1.84. The first-order chi connectivity index (χ1) is 10.9. The SMILES string of the molecule is CC1CCN(C(=O)c2ccc(N[C@@H](C)C(=O)N(C)C)nc2)CC1. The lowest BCUT2D eigenvalue weighted by atomic mass is 9.99. The molecule has 1 aliphatic rings. The number of nitrogens with zero attached hydrogens (tertiary/aromatic N) is 3. The first-order valence-electron chi connectivity index (χ1n) is 8.11. The van der Waals surface area contributed by atoms with Gasteiger partial charge in [-0.05, 0) is 37.8 Å². The zero-order valence-corrected chi connectivity index (χ0v) is 14.4. The fraction of sp³-hybridized carbons (Fsp3) is 0.588. The molecule has 23 heavy (non-hydrogen) atoms. The number of likely N-dealkylation sites (N-methyl/N-ethyl adjacent to an activating group) is 1. The molecule has 1 aromatic rings. The van der Waals surface area contributed by atoms with Crippen molar-refractivity contribution in [3.05, 3.63) is 23.9 Å². The molecule has 0 aliphatic carbocycles. The Morgan fingerprint density at radius 1 is 1.30 bits per heavy atom. The lowest BCUT2D eigenvalue weighted by Gasteiger charge is -2.30. The molecule has 0 unspecified atom stereocenters. The van der Waals surface area contributed by atoms with Gasteiger partial charge in [0, 0.05) is 33.4 Å². The van der Waals surface area contributed by atoms with E-state index in [9.17, 15) is 9.59 Å². The van der Waals surface area contributed by atoms with E-state index in [0.717, 1.165) is 25.9 Å². The lowest BCUT2D eigenvalue weighted by Crippen LogP contribution is -2.38. The van der Waals surface area contributed by atoms with Gasteiger partial charge in [0.25, 0.3) is 5.91 Å². The number of piperidine rings is 1. The van der Waals surface area contributed by atoms with Crippen LogP contribution in [-0.4, -0.2) is 59.8 Å². The van der Waals surface area contributed by atoms with Gasteiger partial charge in [0.1, 0.15) is 11.9 Å². The van der Waals surface area contributed by atoms with Gasteiger partial charge in [0.2, 0.25) is 5.91 Å². The van der Waals surface area contributed by atoms with Crippen LogP contribution in [0.4, 0.5) is 5.82 Å². The van der Waals surface area contributed by atoms with Crippen molar-refractivity contribution >= 4 is 17.6 Å². The molecule has 0 saturated carbocycles. The number of pyridine rings is 1. The highest BCUT2D eigenvalue weighted by Crippen LogP contribution is 2.18. The molecule has 2 heterocycles. The van der Waals surface area contributed by atoms with Crippen LogP contribution in [0.15, 0.2) is 18.3 Å². The summed E-state index contributed by atoms with van der Waals surface area (Å²) in [6.07, 6.45) is 3.70. The molecule has 1 fully saturated rings. The van der Waals surface area contributed by atoms with Gasteiger partial charge < -0.3 is 15.1 Å². The summed E-state index contributed by atoms with van der Waals surface area (Å²) in [6.45, 7) is 5.64. The van der Waals surface area contributed by atoms with E-state index in [-0.39, 0.29) is 17.9 Å². The van der Waals surface area contributed by atoms with Gasteiger partial charge in [-0.1, -0.05) is 6.92 Å². The molecule has 1 atom stereocenters. The maximum absolute atomic E-state index is 12.4. The number of likely N-dealkylation sites (tertiary alicyclic amines) is 1. The van der Waals surface area contributed by atoms with Crippen LogP contribution in [0.1, 0.15) is 37.0 Å². The van der Waals surface area contributed by atoms with Crippen LogP contribution in [-0.2, 0) is 4.79 Å². The Morgan fingerprint density at radius 2 is 1.96 bits per heavy atom. The van der Waals surface area contributed by atoms with E-state index in [0.29, 0.717) is 17.3 Å². The summed E-state index contributed by atoms with van der Waals surface area (Å²) in [6, 6.07) is 3.16. The van der Waals surface area contributed by atoms with Crippen LogP contribution in [0.2, 0.25) is 0 Å². The van der Waals surface area contributed by atoms with Crippen LogP contribution in [0.25, 0.3) is 0 Å². The molecule has 6 heteroatoms. The number of carbonyl (C=O) groups excluding carboxylic acids is 2. The number of rotatable bonds is 4. The van der Waals surface area contributed by atoms with Gasteiger partial charge in [0.15, 0.2) is 0 Å². The first kappa shape index (κ1) is 17.2. The number of carbonyl (C=O) groups is 2. The Balaban J connectivity index is 1.96. The Morgan fingerprint density at radius 3 is 2.48 bits per heavy atom. The summed E-state index contributed by atoms with van der Waals surface area (Å²) >= 11 is 0. The monoisotopic (exact) mass is 318 g/mol. The summed E-state index contributed by atoms with van der Waals surface area (Å²) in [7, 11) is 3.43. The minimum atomic E-state index is -0.359. The molecule has 1 aromatic heterocycles. The van der Waals surface area contributed by atoms with Crippen molar-refractivity contribution in [1.29, 1.82) is 0 Å². The van der Waals surface area contributed by atoms with E-state index in [1.165, 1.54) is 4.90 Å². The van der Waals surface area contributed by atoms with Crippen LogP contribution < -0.4 is 5.32 Å².